The zero-order valence-electron chi connectivity index (χ0n) is 18.0. The highest BCUT2D eigenvalue weighted by molar-refractivity contribution is 5.65. The van der Waals surface area contributed by atoms with Crippen LogP contribution in [-0.4, -0.2) is 23.9 Å². The largest absolute Gasteiger partial charge is 0.386 e. The van der Waals surface area contributed by atoms with Gasteiger partial charge in [-0.25, -0.2) is 13.2 Å². The molecule has 3 nitrogen and oxygen atoms in total. The second-order valence-corrected chi connectivity index (χ2v) is 9.01. The lowest BCUT2D eigenvalue weighted by atomic mass is 9.89. The molecule has 3 unspecified atom stereocenters. The molecule has 1 aromatic carbocycles. The molecular weight excluding hydrogens is 387 g/mol. The highest BCUT2D eigenvalue weighted by Gasteiger charge is 2.22. The first-order chi connectivity index (χ1) is 14.2. The van der Waals surface area contributed by atoms with E-state index in [1.54, 1.807) is 24.5 Å². The second-order valence-electron chi connectivity index (χ2n) is 9.01. The number of nitrogens with zero attached hydrogens (tertiary/aromatic N) is 1. The minimum atomic E-state index is -1.44. The number of nitrogens with one attached hydrogen (secondary N) is 2. The van der Waals surface area contributed by atoms with E-state index >= 15 is 0 Å². The van der Waals surface area contributed by atoms with Gasteiger partial charge in [0.15, 0.2) is 0 Å². The van der Waals surface area contributed by atoms with Gasteiger partial charge in [0.2, 0.25) is 0 Å². The van der Waals surface area contributed by atoms with E-state index in [1.807, 2.05) is 25.1 Å². The van der Waals surface area contributed by atoms with Crippen molar-refractivity contribution in [3.63, 3.8) is 0 Å². The van der Waals surface area contributed by atoms with Crippen LogP contribution < -0.4 is 10.6 Å². The number of rotatable bonds is 7. The van der Waals surface area contributed by atoms with Gasteiger partial charge in [0, 0.05) is 59.7 Å². The maximum absolute atomic E-state index is 14.9. The number of hydrogen-bond acceptors (Lipinski definition) is 3. The van der Waals surface area contributed by atoms with Crippen molar-refractivity contribution in [2.75, 3.05) is 6.67 Å². The summed E-state index contributed by atoms with van der Waals surface area (Å²) >= 11 is 0. The van der Waals surface area contributed by atoms with Gasteiger partial charge in [-0.15, -0.1) is 0 Å². The molecule has 0 saturated heterocycles. The van der Waals surface area contributed by atoms with Crippen LogP contribution in [0.2, 0.25) is 0 Å². The molecule has 6 heteroatoms. The van der Waals surface area contributed by atoms with E-state index < -0.39 is 12.8 Å². The number of pyridine rings is 1. The molecule has 2 heterocycles. The van der Waals surface area contributed by atoms with E-state index in [0.29, 0.717) is 12.0 Å². The minimum Gasteiger partial charge on any atom is -0.386 e. The van der Waals surface area contributed by atoms with Crippen LogP contribution in [-0.2, 0) is 5.41 Å². The number of aromatic nitrogens is 1. The number of halogens is 3. The standard InChI is InChI=1S/C24H30F3N3/c1-15(30-20-12-19(29-14-20)11-18(26)13-25)16-5-6-21(22(27)9-16)17-7-8-28-23(10-17)24(2,3)4/h5-10,14-15,18-19,29-30H,11-13H2,1-4H3. The lowest BCUT2D eigenvalue weighted by Crippen LogP contribution is -2.25. The first-order valence-electron chi connectivity index (χ1n) is 10.4. The van der Waals surface area contributed by atoms with Gasteiger partial charge in [-0.2, -0.15) is 0 Å². The fourth-order valence-corrected chi connectivity index (χ4v) is 3.63. The van der Waals surface area contributed by atoms with Gasteiger partial charge in [-0.3, -0.25) is 4.98 Å². The maximum atomic E-state index is 14.9. The Bertz CT molecular complexity index is 905. The molecule has 3 rings (SSSR count). The van der Waals surface area contributed by atoms with Crippen LogP contribution in [0.15, 0.2) is 48.4 Å². The third-order valence-corrected chi connectivity index (χ3v) is 5.40. The average Bonchev–Trinajstić information content (AvgIpc) is 3.13. The third-order valence-electron chi connectivity index (χ3n) is 5.40. The lowest BCUT2D eigenvalue weighted by molar-refractivity contribution is 0.230. The van der Waals surface area contributed by atoms with Gasteiger partial charge in [-0.1, -0.05) is 32.9 Å². The van der Waals surface area contributed by atoms with Crippen LogP contribution in [0.25, 0.3) is 11.1 Å². The number of benzene rings is 1. The predicted molar refractivity (Wildman–Crippen MR) is 115 cm³/mol. The molecule has 0 aliphatic carbocycles. The molecule has 0 fully saturated rings. The summed E-state index contributed by atoms with van der Waals surface area (Å²) in [5, 5.41) is 6.41. The Morgan fingerprint density at radius 3 is 2.67 bits per heavy atom. The summed E-state index contributed by atoms with van der Waals surface area (Å²) in [5.74, 6) is -0.285. The van der Waals surface area contributed by atoms with Crippen molar-refractivity contribution < 1.29 is 13.2 Å². The number of hydrogen-bond donors (Lipinski definition) is 2. The topological polar surface area (TPSA) is 37.0 Å². The molecular formula is C24H30F3N3. The quantitative estimate of drug-likeness (QED) is 0.603. The van der Waals surface area contributed by atoms with Crippen LogP contribution in [0.1, 0.15) is 57.8 Å². The SMILES string of the molecule is CC(NC1=CNC(CC(F)CF)C1)c1ccc(-c2ccnc(C(C)(C)C)c2)c(F)c1. The summed E-state index contributed by atoms with van der Waals surface area (Å²) in [4.78, 5) is 4.41. The first kappa shape index (κ1) is 22.2. The normalized spacial score (nSPS) is 18.5. The Morgan fingerprint density at radius 1 is 1.23 bits per heavy atom. The molecule has 0 saturated carbocycles. The van der Waals surface area contributed by atoms with Crippen molar-refractivity contribution in [2.24, 2.45) is 0 Å². The van der Waals surface area contributed by atoms with Gasteiger partial charge >= 0.3 is 0 Å². The molecule has 1 aromatic heterocycles. The van der Waals surface area contributed by atoms with Crippen LogP contribution >= 0.6 is 0 Å². The van der Waals surface area contributed by atoms with Crippen LogP contribution in [0.4, 0.5) is 13.2 Å². The van der Waals surface area contributed by atoms with Crippen molar-refractivity contribution >= 4 is 0 Å². The van der Waals surface area contributed by atoms with E-state index in [-0.39, 0.29) is 29.7 Å². The molecule has 30 heavy (non-hydrogen) atoms. The summed E-state index contributed by atoms with van der Waals surface area (Å²) in [6, 6.07) is 8.77. The molecule has 0 spiro atoms. The summed E-state index contributed by atoms with van der Waals surface area (Å²) < 4.78 is 40.5. The molecule has 1 aliphatic rings. The molecule has 0 radical (unpaired) electrons. The molecule has 0 bridgehead atoms. The van der Waals surface area contributed by atoms with Crippen LogP contribution in [0.3, 0.4) is 0 Å². The van der Waals surface area contributed by atoms with Crippen molar-refractivity contribution in [1.82, 2.24) is 15.6 Å². The van der Waals surface area contributed by atoms with Crippen molar-refractivity contribution in [3.05, 3.63) is 65.5 Å². The summed E-state index contributed by atoms with van der Waals surface area (Å²) in [5.41, 5.74) is 3.87. The van der Waals surface area contributed by atoms with E-state index in [0.717, 1.165) is 22.5 Å². The zero-order chi connectivity index (χ0) is 21.9. The van der Waals surface area contributed by atoms with Gasteiger partial charge in [0.05, 0.1) is 0 Å². The molecule has 3 atom stereocenters. The van der Waals surface area contributed by atoms with Crippen LogP contribution in [0.5, 0.6) is 0 Å². The Labute approximate surface area is 176 Å². The van der Waals surface area contributed by atoms with Crippen molar-refractivity contribution in [1.29, 1.82) is 0 Å². The van der Waals surface area contributed by atoms with Gasteiger partial charge in [0.1, 0.15) is 18.7 Å². The molecule has 162 valence electrons. The van der Waals surface area contributed by atoms with E-state index in [1.165, 1.54) is 0 Å². The highest BCUT2D eigenvalue weighted by atomic mass is 19.2. The predicted octanol–water partition coefficient (Wildman–Crippen LogP) is 5.74. The smallest absolute Gasteiger partial charge is 0.131 e. The van der Waals surface area contributed by atoms with Crippen molar-refractivity contribution in [2.45, 2.75) is 64.2 Å². The summed E-state index contributed by atoms with van der Waals surface area (Å²) in [6.45, 7) is 7.22. The monoisotopic (exact) mass is 417 g/mol. The molecule has 2 aromatic rings. The Morgan fingerprint density at radius 2 is 2.00 bits per heavy atom. The van der Waals surface area contributed by atoms with Crippen LogP contribution in [0, 0.1) is 5.82 Å². The summed E-state index contributed by atoms with van der Waals surface area (Å²) in [6.07, 6.45) is 2.80. The minimum absolute atomic E-state index is 0.113. The maximum Gasteiger partial charge on any atom is 0.131 e. The van der Waals surface area contributed by atoms with E-state index in [9.17, 15) is 13.2 Å². The highest BCUT2D eigenvalue weighted by Crippen LogP contribution is 2.29. The van der Waals surface area contributed by atoms with Gasteiger partial charge in [0.25, 0.3) is 0 Å². The molecule has 1 aliphatic heterocycles. The fourth-order valence-electron chi connectivity index (χ4n) is 3.63. The Hall–Kier alpha value is -2.50. The zero-order valence-corrected chi connectivity index (χ0v) is 18.0. The molecule has 2 N–H and O–H groups in total. The average molecular weight is 418 g/mol. The first-order valence-corrected chi connectivity index (χ1v) is 10.4. The Balaban J connectivity index is 1.68. The fraction of sp³-hybridized carbons (Fsp3) is 0.458. The second kappa shape index (κ2) is 9.11. The molecule has 0 amide bonds. The van der Waals surface area contributed by atoms with Crippen molar-refractivity contribution in [3.8, 4) is 11.1 Å². The van der Waals surface area contributed by atoms with Gasteiger partial charge < -0.3 is 10.6 Å². The third kappa shape index (κ3) is 5.35. The van der Waals surface area contributed by atoms with E-state index in [4.69, 9.17) is 0 Å². The van der Waals surface area contributed by atoms with Gasteiger partial charge in [-0.05, 0) is 36.2 Å². The Kier molecular flexibility index (Phi) is 6.74. The lowest BCUT2D eigenvalue weighted by Gasteiger charge is -2.19. The van der Waals surface area contributed by atoms with E-state index in [2.05, 4.69) is 36.4 Å². The summed E-state index contributed by atoms with van der Waals surface area (Å²) in [7, 11) is 0. The number of alkyl halides is 2.